The van der Waals surface area contributed by atoms with Crippen LogP contribution in [0.5, 0.6) is 0 Å². The number of benzene rings is 2. The first kappa shape index (κ1) is 18.4. The number of nitrogens with one attached hydrogen (secondary N) is 2. The summed E-state index contributed by atoms with van der Waals surface area (Å²) in [6.07, 6.45) is 1.23. The molecule has 134 valence electrons. The fourth-order valence-electron chi connectivity index (χ4n) is 2.38. The van der Waals surface area contributed by atoms with Gasteiger partial charge in [0.05, 0.1) is 10.2 Å². The molecule has 2 amide bonds. The van der Waals surface area contributed by atoms with Crippen LogP contribution in [0.4, 0.5) is 5.69 Å². The van der Waals surface area contributed by atoms with Gasteiger partial charge in [-0.25, -0.2) is 4.98 Å². The molecule has 0 atom stereocenters. The third-order valence-corrected chi connectivity index (χ3v) is 5.97. The summed E-state index contributed by atoms with van der Waals surface area (Å²) in [4.78, 5) is 28.1. The van der Waals surface area contributed by atoms with E-state index in [4.69, 9.17) is 0 Å². The van der Waals surface area contributed by atoms with Crippen molar-refractivity contribution in [3.05, 3.63) is 54.1 Å². The van der Waals surface area contributed by atoms with Crippen LogP contribution in [-0.4, -0.2) is 29.6 Å². The highest BCUT2D eigenvalue weighted by Crippen LogP contribution is 2.29. The number of fused-ring (bicyclic) bond motifs is 1. The van der Waals surface area contributed by atoms with Gasteiger partial charge in [-0.15, -0.1) is 11.3 Å². The minimum absolute atomic E-state index is 0.0254. The number of nitrogens with zero attached hydrogens (tertiary/aromatic N) is 1. The summed E-state index contributed by atoms with van der Waals surface area (Å²) in [5.74, 6) is 0.681. The van der Waals surface area contributed by atoms with E-state index in [1.54, 1.807) is 54.4 Å². The van der Waals surface area contributed by atoms with Gasteiger partial charge < -0.3 is 10.6 Å². The Morgan fingerprint density at radius 1 is 1.12 bits per heavy atom. The molecule has 1 heterocycles. The summed E-state index contributed by atoms with van der Waals surface area (Å²) in [5.41, 5.74) is 2.29. The maximum absolute atomic E-state index is 12.0. The smallest absolute Gasteiger partial charge is 0.251 e. The minimum Gasteiger partial charge on any atom is -0.355 e. The molecular formula is C19H19N3O2S2. The molecule has 26 heavy (non-hydrogen) atoms. The zero-order valence-electron chi connectivity index (χ0n) is 14.3. The molecule has 3 aromatic rings. The van der Waals surface area contributed by atoms with E-state index in [9.17, 15) is 9.59 Å². The van der Waals surface area contributed by atoms with Crippen molar-refractivity contribution in [1.29, 1.82) is 0 Å². The molecule has 3 rings (SSSR count). The van der Waals surface area contributed by atoms with Gasteiger partial charge in [0.15, 0.2) is 4.34 Å². The second-order valence-corrected chi connectivity index (χ2v) is 7.98. The Balaban J connectivity index is 1.42. The van der Waals surface area contributed by atoms with Crippen molar-refractivity contribution in [1.82, 2.24) is 10.3 Å². The molecular weight excluding hydrogens is 366 g/mol. The topological polar surface area (TPSA) is 71.1 Å². The van der Waals surface area contributed by atoms with Gasteiger partial charge in [0.1, 0.15) is 0 Å². The highest BCUT2D eigenvalue weighted by molar-refractivity contribution is 8.01. The Hall–Kier alpha value is -2.38. The van der Waals surface area contributed by atoms with Gasteiger partial charge in [0.2, 0.25) is 5.91 Å². The van der Waals surface area contributed by atoms with Crippen molar-refractivity contribution in [3.8, 4) is 0 Å². The van der Waals surface area contributed by atoms with E-state index < -0.39 is 0 Å². The van der Waals surface area contributed by atoms with Crippen molar-refractivity contribution in [3.63, 3.8) is 0 Å². The normalized spacial score (nSPS) is 10.7. The highest BCUT2D eigenvalue weighted by atomic mass is 32.2. The Morgan fingerprint density at radius 3 is 2.62 bits per heavy atom. The Kier molecular flexibility index (Phi) is 6.25. The average Bonchev–Trinajstić information content (AvgIpc) is 3.08. The molecule has 0 unspecified atom stereocenters. The number of hydrogen-bond acceptors (Lipinski definition) is 5. The summed E-state index contributed by atoms with van der Waals surface area (Å²) in [6, 6.07) is 14.9. The number of anilines is 1. The Morgan fingerprint density at radius 2 is 1.88 bits per heavy atom. The van der Waals surface area contributed by atoms with E-state index in [2.05, 4.69) is 21.7 Å². The van der Waals surface area contributed by atoms with Gasteiger partial charge in [-0.05, 0) is 42.8 Å². The van der Waals surface area contributed by atoms with Gasteiger partial charge in [-0.3, -0.25) is 9.59 Å². The average molecular weight is 386 g/mol. The number of aromatic nitrogens is 1. The second kappa shape index (κ2) is 8.82. The Labute approximate surface area is 160 Å². The SMILES string of the molecule is CNC(=O)c1ccc(NC(=O)CCCSc2nc3ccccc3s2)cc1. The fraction of sp³-hybridized carbons (Fsp3) is 0.211. The number of carbonyl (C=O) groups is 2. The van der Waals surface area contributed by atoms with Crippen molar-refractivity contribution < 1.29 is 9.59 Å². The molecule has 0 spiro atoms. The number of rotatable bonds is 7. The number of thiazole rings is 1. The summed E-state index contributed by atoms with van der Waals surface area (Å²) in [5, 5.41) is 5.42. The predicted molar refractivity (Wildman–Crippen MR) is 108 cm³/mol. The lowest BCUT2D eigenvalue weighted by Gasteiger charge is -2.06. The highest BCUT2D eigenvalue weighted by Gasteiger charge is 2.07. The molecule has 2 aromatic carbocycles. The predicted octanol–water partition coefficient (Wildman–Crippen LogP) is 4.17. The summed E-state index contributed by atoms with van der Waals surface area (Å²) in [7, 11) is 1.59. The molecule has 0 fully saturated rings. The lowest BCUT2D eigenvalue weighted by Crippen LogP contribution is -2.17. The molecule has 0 aliphatic carbocycles. The van der Waals surface area contributed by atoms with E-state index in [0.717, 1.165) is 22.0 Å². The zero-order valence-corrected chi connectivity index (χ0v) is 16.0. The molecule has 1 aromatic heterocycles. The van der Waals surface area contributed by atoms with E-state index in [-0.39, 0.29) is 11.8 Å². The number of carbonyl (C=O) groups excluding carboxylic acids is 2. The number of hydrogen-bond donors (Lipinski definition) is 2. The minimum atomic E-state index is -0.144. The van der Waals surface area contributed by atoms with Gasteiger partial charge in [-0.1, -0.05) is 23.9 Å². The molecule has 5 nitrogen and oxygen atoms in total. The van der Waals surface area contributed by atoms with Crippen molar-refractivity contribution >= 4 is 50.8 Å². The summed E-state index contributed by atoms with van der Waals surface area (Å²) in [6.45, 7) is 0. The maximum atomic E-state index is 12.0. The Bertz CT molecular complexity index is 874. The first-order valence-electron chi connectivity index (χ1n) is 8.26. The lowest BCUT2D eigenvalue weighted by atomic mass is 10.2. The summed E-state index contributed by atoms with van der Waals surface area (Å²) >= 11 is 3.37. The van der Waals surface area contributed by atoms with Crippen LogP contribution in [0, 0.1) is 0 Å². The summed E-state index contributed by atoms with van der Waals surface area (Å²) < 4.78 is 2.23. The van der Waals surface area contributed by atoms with Gasteiger partial charge in [0, 0.05) is 30.5 Å². The van der Waals surface area contributed by atoms with Crippen molar-refractivity contribution in [2.45, 2.75) is 17.2 Å². The number of amides is 2. The van der Waals surface area contributed by atoms with Crippen LogP contribution >= 0.6 is 23.1 Å². The van der Waals surface area contributed by atoms with Gasteiger partial charge in [-0.2, -0.15) is 0 Å². The number of thioether (sulfide) groups is 1. The molecule has 0 saturated heterocycles. The molecule has 0 bridgehead atoms. The fourth-order valence-corrected chi connectivity index (χ4v) is 4.46. The second-order valence-electron chi connectivity index (χ2n) is 5.60. The molecule has 0 aliphatic heterocycles. The van der Waals surface area contributed by atoms with Crippen LogP contribution in [0.15, 0.2) is 52.9 Å². The lowest BCUT2D eigenvalue weighted by molar-refractivity contribution is -0.116. The van der Waals surface area contributed by atoms with E-state index in [0.29, 0.717) is 17.7 Å². The van der Waals surface area contributed by atoms with Crippen LogP contribution in [0.3, 0.4) is 0 Å². The largest absolute Gasteiger partial charge is 0.355 e. The molecule has 0 aliphatic rings. The first-order chi connectivity index (χ1) is 12.7. The zero-order chi connectivity index (χ0) is 18.4. The van der Waals surface area contributed by atoms with Crippen LogP contribution in [0.25, 0.3) is 10.2 Å². The van der Waals surface area contributed by atoms with E-state index >= 15 is 0 Å². The molecule has 0 saturated carbocycles. The van der Waals surface area contributed by atoms with Gasteiger partial charge >= 0.3 is 0 Å². The monoisotopic (exact) mass is 385 g/mol. The van der Waals surface area contributed by atoms with Gasteiger partial charge in [0.25, 0.3) is 5.91 Å². The van der Waals surface area contributed by atoms with Crippen LogP contribution in [-0.2, 0) is 4.79 Å². The third kappa shape index (κ3) is 4.83. The molecule has 0 radical (unpaired) electrons. The van der Waals surface area contributed by atoms with Crippen LogP contribution in [0.1, 0.15) is 23.2 Å². The number of para-hydroxylation sites is 1. The van der Waals surface area contributed by atoms with Crippen molar-refractivity contribution in [2.24, 2.45) is 0 Å². The van der Waals surface area contributed by atoms with Crippen LogP contribution < -0.4 is 10.6 Å². The quantitative estimate of drug-likeness (QED) is 0.473. The molecule has 2 N–H and O–H groups in total. The third-order valence-electron chi connectivity index (χ3n) is 3.71. The first-order valence-corrected chi connectivity index (χ1v) is 10.1. The molecule has 7 heteroatoms. The van der Waals surface area contributed by atoms with E-state index in [1.807, 2.05) is 18.2 Å². The maximum Gasteiger partial charge on any atom is 0.251 e. The van der Waals surface area contributed by atoms with Crippen LogP contribution in [0.2, 0.25) is 0 Å². The standard InChI is InChI=1S/C19H19N3O2S2/c1-20-18(24)13-8-10-14(11-9-13)21-17(23)7-4-12-25-19-22-15-5-2-3-6-16(15)26-19/h2-3,5-6,8-11H,4,7,12H2,1H3,(H,20,24)(H,21,23). The van der Waals surface area contributed by atoms with Crippen molar-refractivity contribution in [2.75, 3.05) is 18.1 Å². The van der Waals surface area contributed by atoms with E-state index in [1.165, 1.54) is 4.70 Å².